The molecule has 182 valence electrons. The zero-order valence-electron chi connectivity index (χ0n) is 20.6. The fourth-order valence-electron chi connectivity index (χ4n) is 5.11. The number of aliphatic hydroxyl groups is 1. The molecule has 0 spiro atoms. The highest BCUT2D eigenvalue weighted by molar-refractivity contribution is 7.86. The van der Waals surface area contributed by atoms with Gasteiger partial charge in [-0.3, -0.25) is 0 Å². The third-order valence-electron chi connectivity index (χ3n) is 7.18. The summed E-state index contributed by atoms with van der Waals surface area (Å²) in [6.45, 7) is 8.61. The van der Waals surface area contributed by atoms with Crippen molar-refractivity contribution in [2.24, 2.45) is 0 Å². The van der Waals surface area contributed by atoms with Crippen molar-refractivity contribution in [2.45, 2.75) is 83.7 Å². The highest BCUT2D eigenvalue weighted by Crippen LogP contribution is 2.42. The Morgan fingerprint density at radius 1 is 0.909 bits per heavy atom. The molecule has 0 saturated heterocycles. The summed E-state index contributed by atoms with van der Waals surface area (Å²) in [6, 6.07) is 12.1. The van der Waals surface area contributed by atoms with Crippen LogP contribution >= 0.6 is 0 Å². The molecular weight excluding hydrogens is 436 g/mol. The Morgan fingerprint density at radius 2 is 1.42 bits per heavy atom. The maximum Gasteiger partial charge on any atom is 0.306 e. The van der Waals surface area contributed by atoms with E-state index in [0.29, 0.717) is 12.4 Å². The molecule has 2 aromatic carbocycles. The molecule has 1 N–H and O–H groups in total. The van der Waals surface area contributed by atoms with Gasteiger partial charge in [0, 0.05) is 5.41 Å². The minimum Gasteiger partial charge on any atom is -0.490 e. The van der Waals surface area contributed by atoms with Crippen LogP contribution in [0.5, 0.6) is 11.5 Å². The normalized spacial score (nSPS) is 16.4. The molecule has 6 heteroatoms. The second-order valence-electron chi connectivity index (χ2n) is 9.61. The average molecular weight is 475 g/mol. The molecule has 2 aromatic rings. The van der Waals surface area contributed by atoms with Gasteiger partial charge < -0.3 is 14.0 Å². The lowest BCUT2D eigenvalue weighted by atomic mass is 9.70. The molecule has 3 rings (SSSR count). The lowest BCUT2D eigenvalue weighted by molar-refractivity contribution is -0.0340. The van der Waals surface area contributed by atoms with Crippen LogP contribution in [0.3, 0.4) is 0 Å². The van der Waals surface area contributed by atoms with Crippen LogP contribution in [0.25, 0.3) is 0 Å². The summed E-state index contributed by atoms with van der Waals surface area (Å²) < 4.78 is 34.3. The summed E-state index contributed by atoms with van der Waals surface area (Å²) in [7, 11) is -3.57. The van der Waals surface area contributed by atoms with Gasteiger partial charge in [0.25, 0.3) is 0 Å². The predicted octanol–water partition coefficient (Wildman–Crippen LogP) is 5.82. The van der Waals surface area contributed by atoms with E-state index in [1.165, 1.54) is 12.0 Å². The van der Waals surface area contributed by atoms with Gasteiger partial charge >= 0.3 is 10.1 Å². The minimum absolute atomic E-state index is 0.209. The topological polar surface area (TPSA) is 72.8 Å². The summed E-state index contributed by atoms with van der Waals surface area (Å²) in [4.78, 5) is 0. The molecule has 0 aliphatic heterocycles. The van der Waals surface area contributed by atoms with E-state index in [2.05, 4.69) is 26.0 Å². The monoisotopic (exact) mass is 474 g/mol. The Labute approximate surface area is 199 Å². The first-order chi connectivity index (χ1) is 15.5. The molecule has 33 heavy (non-hydrogen) atoms. The highest BCUT2D eigenvalue weighted by Gasteiger charge is 2.33. The van der Waals surface area contributed by atoms with Gasteiger partial charge in [0.1, 0.15) is 18.1 Å². The fourth-order valence-corrected chi connectivity index (χ4v) is 5.63. The van der Waals surface area contributed by atoms with Crippen molar-refractivity contribution in [3.05, 3.63) is 58.7 Å². The number of hydrogen-bond donors (Lipinski definition) is 1. The summed E-state index contributed by atoms with van der Waals surface area (Å²) >= 11 is 0. The lowest BCUT2D eigenvalue weighted by Gasteiger charge is -2.35. The van der Waals surface area contributed by atoms with E-state index in [1.807, 2.05) is 32.0 Å². The van der Waals surface area contributed by atoms with Gasteiger partial charge in [-0.2, -0.15) is 8.42 Å². The summed E-state index contributed by atoms with van der Waals surface area (Å²) in [6.07, 6.45) is 7.76. The largest absolute Gasteiger partial charge is 0.490 e. The molecule has 0 atom stereocenters. The second-order valence-corrected chi connectivity index (χ2v) is 11.2. The second kappa shape index (κ2) is 10.1. The molecule has 0 unspecified atom stereocenters. The van der Waals surface area contributed by atoms with E-state index in [0.717, 1.165) is 67.2 Å². The van der Waals surface area contributed by atoms with Crippen molar-refractivity contribution < 1.29 is 22.4 Å². The Kier molecular flexibility index (Phi) is 7.80. The first kappa shape index (κ1) is 25.6. The Morgan fingerprint density at radius 3 is 1.88 bits per heavy atom. The maximum absolute atomic E-state index is 11.6. The van der Waals surface area contributed by atoms with Crippen LogP contribution in [0.4, 0.5) is 0 Å². The number of ether oxygens (including phenoxy) is 1. The van der Waals surface area contributed by atoms with E-state index < -0.39 is 15.7 Å². The van der Waals surface area contributed by atoms with Crippen LogP contribution < -0.4 is 8.92 Å². The molecule has 1 fully saturated rings. The molecule has 5 nitrogen and oxygen atoms in total. The SMILES string of the molecule is CCC(CC)(c1ccc(OCC2(O)CCCCC2)c(C)c1)c1ccc(OS(C)(=O)=O)c(C)c1. The molecule has 0 amide bonds. The van der Waals surface area contributed by atoms with Crippen LogP contribution in [0, 0.1) is 13.8 Å². The van der Waals surface area contributed by atoms with Gasteiger partial charge in [0.2, 0.25) is 0 Å². The van der Waals surface area contributed by atoms with Crippen molar-refractivity contribution in [1.82, 2.24) is 0 Å². The lowest BCUT2D eigenvalue weighted by Crippen LogP contribution is -2.38. The molecule has 0 aromatic heterocycles. The first-order valence-electron chi connectivity index (χ1n) is 12.0. The summed E-state index contributed by atoms with van der Waals surface area (Å²) in [5.74, 6) is 1.18. The Hall–Kier alpha value is -2.05. The van der Waals surface area contributed by atoms with Crippen LogP contribution in [-0.4, -0.2) is 32.0 Å². The first-order valence-corrected chi connectivity index (χ1v) is 13.8. The molecule has 0 heterocycles. The maximum atomic E-state index is 11.6. The smallest absolute Gasteiger partial charge is 0.306 e. The number of rotatable bonds is 9. The summed E-state index contributed by atoms with van der Waals surface area (Å²) in [5.41, 5.74) is 3.25. The third kappa shape index (κ3) is 5.90. The Balaban J connectivity index is 1.88. The van der Waals surface area contributed by atoms with E-state index in [4.69, 9.17) is 8.92 Å². The number of hydrogen-bond acceptors (Lipinski definition) is 5. The van der Waals surface area contributed by atoms with Crippen molar-refractivity contribution >= 4 is 10.1 Å². The summed E-state index contributed by atoms with van der Waals surface area (Å²) in [5, 5.41) is 10.8. The van der Waals surface area contributed by atoms with Crippen LogP contribution in [0.2, 0.25) is 0 Å². The molecule has 1 aliphatic carbocycles. The van der Waals surface area contributed by atoms with E-state index in [9.17, 15) is 13.5 Å². The van der Waals surface area contributed by atoms with Crippen molar-refractivity contribution in [2.75, 3.05) is 12.9 Å². The van der Waals surface area contributed by atoms with Gasteiger partial charge in [-0.1, -0.05) is 57.4 Å². The zero-order valence-corrected chi connectivity index (χ0v) is 21.4. The van der Waals surface area contributed by atoms with Crippen molar-refractivity contribution in [1.29, 1.82) is 0 Å². The van der Waals surface area contributed by atoms with Gasteiger partial charge in [-0.15, -0.1) is 0 Å². The van der Waals surface area contributed by atoms with Gasteiger partial charge in [-0.05, 0) is 73.9 Å². The molecule has 0 bridgehead atoms. The average Bonchev–Trinajstić information content (AvgIpc) is 2.76. The standard InChI is InChI=1S/C27H38O5S/c1-6-27(7-2,23-12-14-25(21(4)18-23)32-33(5,29)30)22-11-13-24(20(3)17-22)31-19-26(28)15-9-8-10-16-26/h11-14,17-18,28H,6-10,15-16,19H2,1-5H3. The minimum atomic E-state index is -3.57. The van der Waals surface area contributed by atoms with Crippen molar-refractivity contribution in [3.63, 3.8) is 0 Å². The molecular formula is C27H38O5S. The Bertz CT molecular complexity index is 1060. The van der Waals surface area contributed by atoms with Crippen molar-refractivity contribution in [3.8, 4) is 11.5 Å². The highest BCUT2D eigenvalue weighted by atomic mass is 32.2. The van der Waals surface area contributed by atoms with E-state index >= 15 is 0 Å². The fraction of sp³-hybridized carbons (Fsp3) is 0.556. The van der Waals surface area contributed by atoms with E-state index in [-0.39, 0.29) is 5.41 Å². The van der Waals surface area contributed by atoms with Gasteiger partial charge in [0.15, 0.2) is 0 Å². The van der Waals surface area contributed by atoms with Gasteiger partial charge in [0.05, 0.1) is 11.9 Å². The van der Waals surface area contributed by atoms with Crippen LogP contribution in [0.1, 0.15) is 81.0 Å². The van der Waals surface area contributed by atoms with Gasteiger partial charge in [-0.25, -0.2) is 0 Å². The number of aryl methyl sites for hydroxylation is 2. The molecule has 0 radical (unpaired) electrons. The predicted molar refractivity (Wildman–Crippen MR) is 133 cm³/mol. The van der Waals surface area contributed by atoms with E-state index in [1.54, 1.807) is 6.07 Å². The van der Waals surface area contributed by atoms with Crippen LogP contribution in [-0.2, 0) is 15.5 Å². The molecule has 1 saturated carbocycles. The molecule has 1 aliphatic rings. The zero-order chi connectivity index (χ0) is 24.3. The number of benzene rings is 2. The van der Waals surface area contributed by atoms with Crippen LogP contribution in [0.15, 0.2) is 36.4 Å². The quantitative estimate of drug-likeness (QED) is 0.464. The third-order valence-corrected chi connectivity index (χ3v) is 7.67.